The minimum Gasteiger partial charge on any atom is -0.486 e. The second kappa shape index (κ2) is 9.23. The summed E-state index contributed by atoms with van der Waals surface area (Å²) in [6.45, 7) is 7.27. The monoisotopic (exact) mass is 417 g/mol. The molecule has 0 aliphatic carbocycles. The van der Waals surface area contributed by atoms with Crippen LogP contribution in [-0.4, -0.2) is 19.1 Å². The van der Waals surface area contributed by atoms with E-state index in [1.807, 2.05) is 74.5 Å². The second-order valence-electron chi connectivity index (χ2n) is 8.08. The highest BCUT2D eigenvalue weighted by molar-refractivity contribution is 5.95. The fourth-order valence-corrected chi connectivity index (χ4v) is 3.83. The molecule has 0 spiro atoms. The molecule has 3 aromatic rings. The zero-order valence-corrected chi connectivity index (χ0v) is 18.2. The first-order chi connectivity index (χ1) is 15.0. The van der Waals surface area contributed by atoms with Crippen molar-refractivity contribution in [1.29, 1.82) is 0 Å². The lowest BCUT2D eigenvalue weighted by molar-refractivity contribution is -0.718. The number of nitrogens with one attached hydrogen (secondary N) is 1. The van der Waals surface area contributed by atoms with Crippen molar-refractivity contribution in [2.75, 3.05) is 18.5 Å². The van der Waals surface area contributed by atoms with Crippen LogP contribution in [0.1, 0.15) is 41.3 Å². The molecular weight excluding hydrogens is 388 g/mol. The molecule has 0 bridgehead atoms. The third-order valence-corrected chi connectivity index (χ3v) is 5.67. The maximum absolute atomic E-state index is 13.4. The number of quaternary nitrogens is 1. The lowest BCUT2D eigenvalue weighted by atomic mass is 10.0. The van der Waals surface area contributed by atoms with Gasteiger partial charge in [-0.3, -0.25) is 4.79 Å². The van der Waals surface area contributed by atoms with Gasteiger partial charge >= 0.3 is 0 Å². The normalized spacial score (nSPS) is 14.5. The highest BCUT2D eigenvalue weighted by atomic mass is 16.6. The molecule has 0 saturated heterocycles. The number of amides is 1. The first kappa shape index (κ1) is 20.9. The van der Waals surface area contributed by atoms with E-state index in [1.165, 1.54) is 0 Å². The fourth-order valence-electron chi connectivity index (χ4n) is 3.83. The molecule has 1 heterocycles. The van der Waals surface area contributed by atoms with Gasteiger partial charge in [0.1, 0.15) is 19.3 Å². The molecule has 0 saturated carbocycles. The smallest absolute Gasteiger partial charge is 0.287 e. The van der Waals surface area contributed by atoms with Crippen LogP contribution in [0.3, 0.4) is 0 Å². The van der Waals surface area contributed by atoms with Crippen molar-refractivity contribution in [3.63, 3.8) is 0 Å². The van der Waals surface area contributed by atoms with E-state index in [9.17, 15) is 4.79 Å². The molecule has 3 aromatic carbocycles. The van der Waals surface area contributed by atoms with Crippen molar-refractivity contribution < 1.29 is 19.6 Å². The molecule has 31 heavy (non-hydrogen) atoms. The molecule has 3 N–H and O–H groups in total. The van der Waals surface area contributed by atoms with Crippen molar-refractivity contribution in [1.82, 2.24) is 0 Å². The van der Waals surface area contributed by atoms with E-state index in [1.54, 1.807) is 0 Å². The molecule has 5 nitrogen and oxygen atoms in total. The maximum atomic E-state index is 13.4. The van der Waals surface area contributed by atoms with Crippen molar-refractivity contribution in [3.8, 4) is 11.5 Å². The number of rotatable bonds is 6. The van der Waals surface area contributed by atoms with Crippen molar-refractivity contribution in [3.05, 3.63) is 89.0 Å². The minimum absolute atomic E-state index is 0.0377. The van der Waals surface area contributed by atoms with Crippen LogP contribution in [0, 0.1) is 13.8 Å². The number of anilines is 1. The van der Waals surface area contributed by atoms with Gasteiger partial charge in [-0.05, 0) is 56.2 Å². The largest absolute Gasteiger partial charge is 0.486 e. The number of fused-ring (bicyclic) bond motifs is 1. The van der Waals surface area contributed by atoms with Crippen LogP contribution in [-0.2, 0) is 4.79 Å². The molecule has 160 valence electrons. The number of carbonyl (C=O) groups excluding carboxylic acids is 1. The quantitative estimate of drug-likeness (QED) is 0.635. The Hall–Kier alpha value is -3.31. The van der Waals surface area contributed by atoms with Crippen molar-refractivity contribution in [2.45, 2.75) is 32.9 Å². The first-order valence-electron chi connectivity index (χ1n) is 10.7. The highest BCUT2D eigenvalue weighted by Gasteiger charge is 2.28. The SMILES string of the molecule is Cc1ccc(C)c(NC(=O)[C@H]([NH2+][C@H](C)c2ccc3c(c2)OCCO3)c2ccccc2)c1. The van der Waals surface area contributed by atoms with E-state index >= 15 is 0 Å². The summed E-state index contributed by atoms with van der Waals surface area (Å²) in [7, 11) is 0. The summed E-state index contributed by atoms with van der Waals surface area (Å²) in [6, 6.07) is 21.7. The Morgan fingerprint density at radius 1 is 0.903 bits per heavy atom. The topological polar surface area (TPSA) is 64.2 Å². The summed E-state index contributed by atoms with van der Waals surface area (Å²) in [5.74, 6) is 1.50. The molecule has 5 heteroatoms. The van der Waals surface area contributed by atoms with E-state index in [0.717, 1.165) is 39.4 Å². The first-order valence-corrected chi connectivity index (χ1v) is 10.7. The van der Waals surface area contributed by atoms with Gasteiger partial charge in [-0.1, -0.05) is 42.5 Å². The molecule has 2 atom stereocenters. The standard InChI is InChI=1S/C26H28N2O3/c1-17-9-10-18(2)22(15-17)28-26(29)25(20-7-5-4-6-8-20)27-19(3)21-11-12-23-24(16-21)31-14-13-30-23/h4-12,15-16,19,25,27H,13-14H2,1-3H3,(H,28,29)/p+1/t19-,25-/m1/s1. The predicted octanol–water partition coefficient (Wildman–Crippen LogP) is 4.08. The fraction of sp³-hybridized carbons (Fsp3) is 0.269. The molecule has 4 rings (SSSR count). The van der Waals surface area contributed by atoms with Gasteiger partial charge in [0.2, 0.25) is 0 Å². The Labute approximate surface area is 183 Å². The summed E-state index contributed by atoms with van der Waals surface area (Å²) in [5, 5.41) is 5.24. The van der Waals surface area contributed by atoms with Crippen LogP contribution < -0.4 is 20.1 Å². The average Bonchev–Trinajstić information content (AvgIpc) is 2.80. The van der Waals surface area contributed by atoms with Gasteiger partial charge in [0.05, 0.1) is 0 Å². The molecule has 0 radical (unpaired) electrons. The van der Waals surface area contributed by atoms with Crippen LogP contribution in [0.2, 0.25) is 0 Å². The molecule has 1 amide bonds. The van der Waals surface area contributed by atoms with Crippen LogP contribution in [0.5, 0.6) is 11.5 Å². The molecule has 0 unspecified atom stereocenters. The van der Waals surface area contributed by atoms with Gasteiger partial charge in [-0.15, -0.1) is 0 Å². The number of aryl methyl sites for hydroxylation is 2. The third-order valence-electron chi connectivity index (χ3n) is 5.67. The maximum Gasteiger partial charge on any atom is 0.287 e. The van der Waals surface area contributed by atoms with Gasteiger partial charge in [-0.2, -0.15) is 0 Å². The third kappa shape index (κ3) is 4.89. The van der Waals surface area contributed by atoms with E-state index < -0.39 is 0 Å². The van der Waals surface area contributed by atoms with Crippen molar-refractivity contribution in [2.24, 2.45) is 0 Å². The average molecular weight is 418 g/mol. The molecular formula is C26H29N2O3+. The molecule has 0 fully saturated rings. The number of hydrogen-bond acceptors (Lipinski definition) is 3. The van der Waals surface area contributed by atoms with E-state index in [2.05, 4.69) is 23.6 Å². The molecule has 1 aliphatic heterocycles. The zero-order chi connectivity index (χ0) is 21.8. The second-order valence-corrected chi connectivity index (χ2v) is 8.08. The molecule has 0 aromatic heterocycles. The van der Waals surface area contributed by atoms with Gasteiger partial charge in [0.25, 0.3) is 5.91 Å². The summed E-state index contributed by atoms with van der Waals surface area (Å²) in [6.07, 6.45) is 0. The van der Waals surface area contributed by atoms with Crippen molar-refractivity contribution >= 4 is 11.6 Å². The Balaban J connectivity index is 1.58. The highest BCUT2D eigenvalue weighted by Crippen LogP contribution is 2.32. The zero-order valence-electron chi connectivity index (χ0n) is 18.2. The molecule has 1 aliphatic rings. The lowest BCUT2D eigenvalue weighted by Crippen LogP contribution is -2.87. The Kier molecular flexibility index (Phi) is 6.23. The van der Waals surface area contributed by atoms with Gasteiger partial charge in [0, 0.05) is 16.8 Å². The summed E-state index contributed by atoms with van der Waals surface area (Å²) < 4.78 is 11.4. The minimum atomic E-state index is -0.385. The van der Waals surface area contributed by atoms with Crippen LogP contribution in [0.15, 0.2) is 66.7 Å². The van der Waals surface area contributed by atoms with Crippen LogP contribution in [0.25, 0.3) is 0 Å². The number of benzene rings is 3. The van der Waals surface area contributed by atoms with Crippen LogP contribution in [0.4, 0.5) is 5.69 Å². The Morgan fingerprint density at radius 3 is 2.42 bits per heavy atom. The van der Waals surface area contributed by atoms with Crippen LogP contribution >= 0.6 is 0 Å². The van der Waals surface area contributed by atoms with E-state index in [-0.39, 0.29) is 18.0 Å². The van der Waals surface area contributed by atoms with E-state index in [0.29, 0.717) is 13.2 Å². The lowest BCUT2D eigenvalue weighted by Gasteiger charge is -2.23. The van der Waals surface area contributed by atoms with Gasteiger partial charge in [0.15, 0.2) is 17.5 Å². The van der Waals surface area contributed by atoms with E-state index in [4.69, 9.17) is 9.47 Å². The number of ether oxygens (including phenoxy) is 2. The summed E-state index contributed by atoms with van der Waals surface area (Å²) >= 11 is 0. The Morgan fingerprint density at radius 2 is 1.65 bits per heavy atom. The summed E-state index contributed by atoms with van der Waals surface area (Å²) in [5.41, 5.74) is 5.07. The summed E-state index contributed by atoms with van der Waals surface area (Å²) in [4.78, 5) is 13.4. The predicted molar refractivity (Wildman–Crippen MR) is 122 cm³/mol. The van der Waals surface area contributed by atoms with Gasteiger partial charge < -0.3 is 20.1 Å². The Bertz CT molecular complexity index is 1070. The number of hydrogen-bond donors (Lipinski definition) is 2. The number of carbonyl (C=O) groups is 1. The number of nitrogens with two attached hydrogens (primary N) is 1. The van der Waals surface area contributed by atoms with Gasteiger partial charge in [-0.25, -0.2) is 0 Å².